The van der Waals surface area contributed by atoms with Crippen LogP contribution in [0.15, 0.2) is 60.7 Å². The zero-order chi connectivity index (χ0) is 11.7. The summed E-state index contributed by atoms with van der Waals surface area (Å²) in [5.41, 5.74) is 8.69. The molecule has 0 saturated carbocycles. The Hall–Kier alpha value is -1.80. The van der Waals surface area contributed by atoms with Gasteiger partial charge in [-0.3, -0.25) is 0 Å². The van der Waals surface area contributed by atoms with Crippen molar-refractivity contribution < 1.29 is 0 Å². The zero-order valence-electron chi connectivity index (χ0n) is 9.66. The van der Waals surface area contributed by atoms with E-state index in [1.54, 1.807) is 0 Å². The molecule has 2 heteroatoms. The van der Waals surface area contributed by atoms with E-state index in [4.69, 9.17) is 5.73 Å². The first-order chi connectivity index (χ1) is 8.36. The molecule has 2 N–H and O–H groups in total. The first kappa shape index (κ1) is 10.4. The Bertz CT molecular complexity index is 481. The minimum Gasteiger partial charge on any atom is -0.361 e. The van der Waals surface area contributed by atoms with Crippen LogP contribution in [-0.4, -0.2) is 12.6 Å². The lowest BCUT2D eigenvalue weighted by atomic mass is 9.89. The van der Waals surface area contributed by atoms with Crippen LogP contribution in [0.2, 0.25) is 0 Å². The Labute approximate surface area is 102 Å². The van der Waals surface area contributed by atoms with Crippen molar-refractivity contribution in [2.75, 3.05) is 11.4 Å². The molecule has 2 atom stereocenters. The number of rotatable bonds is 2. The predicted molar refractivity (Wildman–Crippen MR) is 70.9 cm³/mol. The van der Waals surface area contributed by atoms with E-state index in [2.05, 4.69) is 53.4 Å². The number of para-hydroxylation sites is 1. The van der Waals surface area contributed by atoms with E-state index in [0.29, 0.717) is 6.04 Å². The molecule has 2 aromatic rings. The Morgan fingerprint density at radius 2 is 1.47 bits per heavy atom. The van der Waals surface area contributed by atoms with Crippen LogP contribution in [-0.2, 0) is 0 Å². The molecule has 0 amide bonds. The number of benzene rings is 2. The van der Waals surface area contributed by atoms with Gasteiger partial charge in [-0.1, -0.05) is 48.5 Å². The summed E-state index contributed by atoms with van der Waals surface area (Å²) in [6.45, 7) is 0.934. The van der Waals surface area contributed by atoms with Crippen molar-refractivity contribution in [3.05, 3.63) is 66.2 Å². The molecule has 2 nitrogen and oxygen atoms in total. The molecule has 1 aliphatic heterocycles. The Morgan fingerprint density at radius 3 is 2.06 bits per heavy atom. The summed E-state index contributed by atoms with van der Waals surface area (Å²) >= 11 is 0. The summed E-state index contributed by atoms with van der Waals surface area (Å²) in [5, 5.41) is 0. The van der Waals surface area contributed by atoms with Gasteiger partial charge in [0.05, 0.1) is 6.04 Å². The fourth-order valence-electron chi connectivity index (χ4n) is 2.50. The highest BCUT2D eigenvalue weighted by Crippen LogP contribution is 2.36. The van der Waals surface area contributed by atoms with E-state index in [-0.39, 0.29) is 6.04 Å². The van der Waals surface area contributed by atoms with Crippen molar-refractivity contribution in [2.45, 2.75) is 12.1 Å². The molecule has 1 fully saturated rings. The molecule has 1 saturated heterocycles. The van der Waals surface area contributed by atoms with Gasteiger partial charge in [-0.05, 0) is 17.7 Å². The van der Waals surface area contributed by atoms with E-state index < -0.39 is 0 Å². The second-order valence-electron chi connectivity index (χ2n) is 4.51. The molecule has 0 spiro atoms. The largest absolute Gasteiger partial charge is 0.361 e. The van der Waals surface area contributed by atoms with E-state index in [9.17, 15) is 0 Å². The lowest BCUT2D eigenvalue weighted by Gasteiger charge is -2.48. The topological polar surface area (TPSA) is 29.3 Å². The van der Waals surface area contributed by atoms with Gasteiger partial charge >= 0.3 is 0 Å². The molecule has 2 unspecified atom stereocenters. The zero-order valence-corrected chi connectivity index (χ0v) is 9.66. The summed E-state index contributed by atoms with van der Waals surface area (Å²) in [7, 11) is 0. The van der Waals surface area contributed by atoms with Gasteiger partial charge in [0, 0.05) is 18.3 Å². The molecule has 1 heterocycles. The Kier molecular flexibility index (Phi) is 2.57. The summed E-state index contributed by atoms with van der Waals surface area (Å²) in [6, 6.07) is 21.5. The molecule has 3 rings (SSSR count). The van der Waals surface area contributed by atoms with E-state index in [1.165, 1.54) is 11.3 Å². The number of nitrogens with two attached hydrogens (primary N) is 1. The average molecular weight is 224 g/mol. The van der Waals surface area contributed by atoms with Gasteiger partial charge in [0.15, 0.2) is 0 Å². The SMILES string of the molecule is NC1CN(c2ccccc2)C1c1ccccc1. The van der Waals surface area contributed by atoms with Gasteiger partial charge < -0.3 is 10.6 Å². The molecular weight excluding hydrogens is 208 g/mol. The van der Waals surface area contributed by atoms with Crippen molar-refractivity contribution in [1.82, 2.24) is 0 Å². The molecule has 0 aromatic heterocycles. The van der Waals surface area contributed by atoms with Crippen LogP contribution < -0.4 is 10.6 Å². The van der Waals surface area contributed by atoms with Crippen LogP contribution in [0.25, 0.3) is 0 Å². The van der Waals surface area contributed by atoms with Crippen molar-refractivity contribution >= 4 is 5.69 Å². The molecule has 0 bridgehead atoms. The van der Waals surface area contributed by atoms with Crippen LogP contribution in [0, 0.1) is 0 Å². The molecule has 1 aliphatic rings. The van der Waals surface area contributed by atoms with Crippen LogP contribution in [0.3, 0.4) is 0 Å². The minimum atomic E-state index is 0.234. The number of anilines is 1. The van der Waals surface area contributed by atoms with E-state index >= 15 is 0 Å². The highest BCUT2D eigenvalue weighted by Gasteiger charge is 2.37. The average Bonchev–Trinajstić information content (AvgIpc) is 2.38. The van der Waals surface area contributed by atoms with Crippen LogP contribution in [0.4, 0.5) is 5.69 Å². The van der Waals surface area contributed by atoms with Crippen LogP contribution in [0.5, 0.6) is 0 Å². The third-order valence-corrected chi connectivity index (χ3v) is 3.38. The molecule has 17 heavy (non-hydrogen) atoms. The monoisotopic (exact) mass is 224 g/mol. The van der Waals surface area contributed by atoms with Gasteiger partial charge in [-0.25, -0.2) is 0 Å². The predicted octanol–water partition coefficient (Wildman–Crippen LogP) is 2.58. The lowest BCUT2D eigenvalue weighted by molar-refractivity contribution is 0.390. The van der Waals surface area contributed by atoms with E-state index in [1.807, 2.05) is 12.1 Å². The summed E-state index contributed by atoms with van der Waals surface area (Å²) in [5.74, 6) is 0. The standard InChI is InChI=1S/C15H16N2/c16-14-11-17(13-9-5-2-6-10-13)15(14)12-7-3-1-4-8-12/h1-10,14-15H,11,16H2. The summed E-state index contributed by atoms with van der Waals surface area (Å²) in [4.78, 5) is 2.36. The second-order valence-corrected chi connectivity index (χ2v) is 4.51. The first-order valence-electron chi connectivity index (χ1n) is 5.98. The number of nitrogens with zero attached hydrogens (tertiary/aromatic N) is 1. The molecule has 86 valence electrons. The maximum absolute atomic E-state index is 6.14. The number of hydrogen-bond donors (Lipinski definition) is 1. The van der Waals surface area contributed by atoms with Gasteiger partial charge in [-0.2, -0.15) is 0 Å². The maximum atomic E-state index is 6.14. The third kappa shape index (κ3) is 1.81. The van der Waals surface area contributed by atoms with Gasteiger partial charge in [-0.15, -0.1) is 0 Å². The van der Waals surface area contributed by atoms with Crippen molar-refractivity contribution in [3.63, 3.8) is 0 Å². The lowest BCUT2D eigenvalue weighted by Crippen LogP contribution is -2.58. The van der Waals surface area contributed by atoms with Gasteiger partial charge in [0.2, 0.25) is 0 Å². The Morgan fingerprint density at radius 1 is 0.882 bits per heavy atom. The van der Waals surface area contributed by atoms with Crippen LogP contribution >= 0.6 is 0 Å². The fraction of sp³-hybridized carbons (Fsp3) is 0.200. The van der Waals surface area contributed by atoms with Crippen molar-refractivity contribution in [3.8, 4) is 0 Å². The highest BCUT2D eigenvalue weighted by atomic mass is 15.3. The molecular formula is C15H16N2. The summed E-state index contributed by atoms with van der Waals surface area (Å²) < 4.78 is 0. The van der Waals surface area contributed by atoms with Gasteiger partial charge in [0.1, 0.15) is 0 Å². The molecule has 0 radical (unpaired) electrons. The van der Waals surface area contributed by atoms with E-state index in [0.717, 1.165) is 6.54 Å². The quantitative estimate of drug-likeness (QED) is 0.849. The third-order valence-electron chi connectivity index (χ3n) is 3.38. The smallest absolute Gasteiger partial charge is 0.0711 e. The fourth-order valence-corrected chi connectivity index (χ4v) is 2.50. The van der Waals surface area contributed by atoms with Crippen LogP contribution in [0.1, 0.15) is 11.6 Å². The summed E-state index contributed by atoms with van der Waals surface area (Å²) in [6.07, 6.45) is 0. The Balaban J connectivity index is 1.89. The van der Waals surface area contributed by atoms with Crippen molar-refractivity contribution in [2.24, 2.45) is 5.73 Å². The number of hydrogen-bond acceptors (Lipinski definition) is 2. The maximum Gasteiger partial charge on any atom is 0.0711 e. The molecule has 0 aliphatic carbocycles. The molecule has 2 aromatic carbocycles. The highest BCUT2D eigenvalue weighted by molar-refractivity contribution is 5.53. The minimum absolute atomic E-state index is 0.234. The van der Waals surface area contributed by atoms with Gasteiger partial charge in [0.25, 0.3) is 0 Å². The normalized spacial score (nSPS) is 23.2. The first-order valence-corrected chi connectivity index (χ1v) is 5.98. The second kappa shape index (κ2) is 4.22. The van der Waals surface area contributed by atoms with Crippen molar-refractivity contribution in [1.29, 1.82) is 0 Å².